The molecule has 0 aromatic carbocycles. The van der Waals surface area contributed by atoms with Crippen LogP contribution < -0.4 is 11.1 Å². The molecule has 0 aromatic rings. The van der Waals surface area contributed by atoms with Gasteiger partial charge in [0, 0.05) is 12.0 Å². The summed E-state index contributed by atoms with van der Waals surface area (Å²) in [5.74, 6) is 0.400. The van der Waals surface area contributed by atoms with Crippen LogP contribution in [0.25, 0.3) is 0 Å². The average molecular weight is 196 g/mol. The molecule has 1 heterocycles. The van der Waals surface area contributed by atoms with Crippen LogP contribution >= 0.6 is 0 Å². The summed E-state index contributed by atoms with van der Waals surface area (Å²) in [6.45, 7) is 1.07. The van der Waals surface area contributed by atoms with Crippen molar-refractivity contribution in [2.24, 2.45) is 11.7 Å². The van der Waals surface area contributed by atoms with Gasteiger partial charge in [-0.3, -0.25) is 4.79 Å². The largest absolute Gasteiger partial charge is 0.370 e. The van der Waals surface area contributed by atoms with Crippen LogP contribution in [0, 0.1) is 5.92 Å². The fraction of sp³-hybridized carbons (Fsp3) is 0.909. The number of piperidine rings is 1. The molecular weight excluding hydrogens is 176 g/mol. The molecule has 80 valence electrons. The third kappa shape index (κ3) is 2.08. The van der Waals surface area contributed by atoms with Crippen molar-refractivity contribution in [2.75, 3.05) is 6.54 Å². The number of hydrogen-bond acceptors (Lipinski definition) is 2. The number of hydrogen-bond donors (Lipinski definition) is 2. The van der Waals surface area contributed by atoms with E-state index >= 15 is 0 Å². The normalized spacial score (nSPS) is 30.7. The third-order valence-corrected chi connectivity index (χ3v) is 3.78. The second-order valence-corrected chi connectivity index (χ2v) is 4.94. The zero-order valence-corrected chi connectivity index (χ0v) is 8.72. The minimum absolute atomic E-state index is 0.134. The van der Waals surface area contributed by atoms with E-state index in [2.05, 4.69) is 5.32 Å². The number of rotatable bonds is 2. The van der Waals surface area contributed by atoms with Gasteiger partial charge >= 0.3 is 0 Å². The second kappa shape index (κ2) is 3.89. The Bertz CT molecular complexity index is 221. The molecule has 1 aliphatic carbocycles. The monoisotopic (exact) mass is 196 g/mol. The maximum Gasteiger partial charge on any atom is 0.217 e. The van der Waals surface area contributed by atoms with Gasteiger partial charge in [0.25, 0.3) is 0 Å². The van der Waals surface area contributed by atoms with Gasteiger partial charge < -0.3 is 11.1 Å². The van der Waals surface area contributed by atoms with Crippen molar-refractivity contribution in [1.29, 1.82) is 0 Å². The Labute approximate surface area is 85.4 Å². The smallest absolute Gasteiger partial charge is 0.217 e. The van der Waals surface area contributed by atoms with E-state index in [1.54, 1.807) is 0 Å². The highest BCUT2D eigenvalue weighted by molar-refractivity contribution is 5.74. The van der Waals surface area contributed by atoms with Gasteiger partial charge in [-0.25, -0.2) is 0 Å². The number of carbonyl (C=O) groups excluding carboxylic acids is 1. The Hall–Kier alpha value is -0.570. The summed E-state index contributed by atoms with van der Waals surface area (Å²) in [7, 11) is 0. The lowest BCUT2D eigenvalue weighted by Crippen LogP contribution is -2.49. The van der Waals surface area contributed by atoms with Crippen LogP contribution in [0.15, 0.2) is 0 Å². The van der Waals surface area contributed by atoms with Gasteiger partial charge in [0.15, 0.2) is 0 Å². The van der Waals surface area contributed by atoms with Gasteiger partial charge in [0.2, 0.25) is 5.91 Å². The van der Waals surface area contributed by atoms with Gasteiger partial charge in [-0.1, -0.05) is 12.8 Å². The lowest BCUT2D eigenvalue weighted by atomic mass is 9.79. The first-order valence-corrected chi connectivity index (χ1v) is 5.74. The van der Waals surface area contributed by atoms with Crippen LogP contribution in [0.4, 0.5) is 0 Å². The van der Waals surface area contributed by atoms with E-state index in [1.807, 2.05) is 0 Å². The molecule has 3 N–H and O–H groups in total. The minimum Gasteiger partial charge on any atom is -0.370 e. The SMILES string of the molecule is NC(=O)CC1CCNC2(CCCC2)C1. The molecule has 2 aliphatic rings. The maximum atomic E-state index is 10.9. The van der Waals surface area contributed by atoms with E-state index < -0.39 is 0 Å². The highest BCUT2D eigenvalue weighted by Gasteiger charge is 2.38. The van der Waals surface area contributed by atoms with E-state index in [9.17, 15) is 4.79 Å². The number of nitrogens with two attached hydrogens (primary N) is 1. The fourth-order valence-electron chi connectivity index (χ4n) is 3.16. The van der Waals surface area contributed by atoms with E-state index in [0.29, 0.717) is 17.9 Å². The first-order valence-electron chi connectivity index (χ1n) is 5.74. The molecular formula is C11H20N2O. The molecule has 3 nitrogen and oxygen atoms in total. The second-order valence-electron chi connectivity index (χ2n) is 4.94. The Morgan fingerprint density at radius 1 is 1.43 bits per heavy atom. The molecule has 1 aliphatic heterocycles. The lowest BCUT2D eigenvalue weighted by Gasteiger charge is -2.39. The molecule has 1 saturated carbocycles. The molecule has 1 saturated heterocycles. The summed E-state index contributed by atoms with van der Waals surface area (Å²) in [6.07, 6.45) is 8.14. The van der Waals surface area contributed by atoms with Crippen molar-refractivity contribution in [3.05, 3.63) is 0 Å². The van der Waals surface area contributed by atoms with Crippen molar-refractivity contribution < 1.29 is 4.79 Å². The third-order valence-electron chi connectivity index (χ3n) is 3.78. The summed E-state index contributed by atoms with van der Waals surface area (Å²) < 4.78 is 0. The topological polar surface area (TPSA) is 55.1 Å². The summed E-state index contributed by atoms with van der Waals surface area (Å²) in [5.41, 5.74) is 5.62. The molecule has 2 rings (SSSR count). The van der Waals surface area contributed by atoms with Crippen molar-refractivity contribution in [3.63, 3.8) is 0 Å². The lowest BCUT2D eigenvalue weighted by molar-refractivity contribution is -0.119. The number of amides is 1. The van der Waals surface area contributed by atoms with Gasteiger partial charge in [0.1, 0.15) is 0 Å². The van der Waals surface area contributed by atoms with Gasteiger partial charge in [-0.2, -0.15) is 0 Å². The Balaban J connectivity index is 1.93. The zero-order chi connectivity index (χ0) is 10.0. The summed E-state index contributed by atoms with van der Waals surface area (Å²) in [5, 5.41) is 3.65. The highest BCUT2D eigenvalue weighted by Crippen LogP contribution is 2.38. The first-order chi connectivity index (χ1) is 6.70. The Kier molecular flexibility index (Phi) is 2.77. The van der Waals surface area contributed by atoms with Crippen LogP contribution in [-0.2, 0) is 4.79 Å². The molecule has 1 amide bonds. The van der Waals surface area contributed by atoms with E-state index in [-0.39, 0.29) is 5.91 Å². The molecule has 0 bridgehead atoms. The van der Waals surface area contributed by atoms with Gasteiger partial charge in [-0.05, 0) is 38.1 Å². The molecule has 1 atom stereocenters. The molecule has 1 spiro atoms. The minimum atomic E-state index is -0.134. The molecule has 0 radical (unpaired) electrons. The van der Waals surface area contributed by atoms with E-state index in [1.165, 1.54) is 25.7 Å². The van der Waals surface area contributed by atoms with Crippen molar-refractivity contribution in [3.8, 4) is 0 Å². The van der Waals surface area contributed by atoms with Crippen LogP contribution in [0.5, 0.6) is 0 Å². The van der Waals surface area contributed by atoms with Crippen LogP contribution in [-0.4, -0.2) is 18.0 Å². The van der Waals surface area contributed by atoms with Crippen molar-refractivity contribution >= 4 is 5.91 Å². The van der Waals surface area contributed by atoms with Crippen molar-refractivity contribution in [1.82, 2.24) is 5.32 Å². The number of carbonyl (C=O) groups is 1. The Morgan fingerprint density at radius 3 is 2.79 bits per heavy atom. The van der Waals surface area contributed by atoms with E-state index in [4.69, 9.17) is 5.73 Å². The maximum absolute atomic E-state index is 10.9. The predicted octanol–water partition coefficient (Wildman–Crippen LogP) is 1.17. The summed E-state index contributed by atoms with van der Waals surface area (Å²) >= 11 is 0. The van der Waals surface area contributed by atoms with Crippen LogP contribution in [0.3, 0.4) is 0 Å². The number of primary amides is 1. The summed E-state index contributed by atoms with van der Waals surface area (Å²) in [4.78, 5) is 10.9. The average Bonchev–Trinajstić information content (AvgIpc) is 2.52. The molecule has 0 aromatic heterocycles. The highest BCUT2D eigenvalue weighted by atomic mass is 16.1. The number of nitrogens with one attached hydrogen (secondary N) is 1. The standard InChI is InChI=1S/C11H20N2O/c12-10(14)7-9-3-6-13-11(8-9)4-1-2-5-11/h9,13H,1-8H2,(H2,12,14). The Morgan fingerprint density at radius 2 is 2.14 bits per heavy atom. The fourth-order valence-corrected chi connectivity index (χ4v) is 3.16. The molecule has 3 heteroatoms. The van der Waals surface area contributed by atoms with E-state index in [0.717, 1.165) is 19.4 Å². The molecule has 14 heavy (non-hydrogen) atoms. The quantitative estimate of drug-likeness (QED) is 0.696. The van der Waals surface area contributed by atoms with Crippen LogP contribution in [0.2, 0.25) is 0 Å². The van der Waals surface area contributed by atoms with Crippen LogP contribution in [0.1, 0.15) is 44.9 Å². The van der Waals surface area contributed by atoms with Gasteiger partial charge in [-0.15, -0.1) is 0 Å². The molecule has 2 fully saturated rings. The zero-order valence-electron chi connectivity index (χ0n) is 8.72. The van der Waals surface area contributed by atoms with Crippen molar-refractivity contribution in [2.45, 2.75) is 50.5 Å². The van der Waals surface area contributed by atoms with Gasteiger partial charge in [0.05, 0.1) is 0 Å². The predicted molar refractivity (Wildman–Crippen MR) is 55.7 cm³/mol. The first kappa shape index (κ1) is 9.97. The summed E-state index contributed by atoms with van der Waals surface area (Å²) in [6, 6.07) is 0. The molecule has 1 unspecified atom stereocenters.